The van der Waals surface area contributed by atoms with E-state index < -0.39 is 0 Å². The van der Waals surface area contributed by atoms with Gasteiger partial charge in [0.05, 0.1) is 0 Å². The first-order valence-electron chi connectivity index (χ1n) is 8.71. The van der Waals surface area contributed by atoms with Crippen LogP contribution in [0.2, 0.25) is 0 Å². The highest BCUT2D eigenvalue weighted by atomic mass is 16.2. The minimum atomic E-state index is 0.218. The van der Waals surface area contributed by atoms with Crippen LogP contribution in [-0.2, 0) is 4.79 Å². The van der Waals surface area contributed by atoms with E-state index in [9.17, 15) is 4.79 Å². The summed E-state index contributed by atoms with van der Waals surface area (Å²) in [4.78, 5) is 19.4. The van der Waals surface area contributed by atoms with E-state index in [2.05, 4.69) is 55.1 Å². The molecule has 0 saturated carbocycles. The van der Waals surface area contributed by atoms with Crippen LogP contribution in [0.4, 0.5) is 0 Å². The van der Waals surface area contributed by atoms with Gasteiger partial charge >= 0.3 is 0 Å². The quantitative estimate of drug-likeness (QED) is 0.692. The second-order valence-electron chi connectivity index (χ2n) is 7.22. The van der Waals surface area contributed by atoms with Crippen molar-refractivity contribution in [3.05, 3.63) is 0 Å². The van der Waals surface area contributed by atoms with E-state index >= 15 is 0 Å². The van der Waals surface area contributed by atoms with Crippen molar-refractivity contribution in [2.45, 2.75) is 38.6 Å². The van der Waals surface area contributed by atoms with E-state index in [4.69, 9.17) is 0 Å². The number of hydrogen-bond donors (Lipinski definition) is 1. The summed E-state index contributed by atoms with van der Waals surface area (Å²) in [6.07, 6.45) is 4.08. The first kappa shape index (κ1) is 19.4. The van der Waals surface area contributed by atoms with Crippen LogP contribution in [0.15, 0.2) is 0 Å². The van der Waals surface area contributed by atoms with Crippen molar-refractivity contribution in [1.29, 1.82) is 0 Å². The van der Waals surface area contributed by atoms with Gasteiger partial charge in [0.1, 0.15) is 0 Å². The van der Waals surface area contributed by atoms with Crippen LogP contribution in [-0.4, -0.2) is 87.6 Å². The maximum absolute atomic E-state index is 12.9. The summed E-state index contributed by atoms with van der Waals surface area (Å²) < 4.78 is 0. The molecule has 1 aliphatic rings. The lowest BCUT2D eigenvalue weighted by Crippen LogP contribution is -2.45. The van der Waals surface area contributed by atoms with Crippen LogP contribution in [0, 0.1) is 5.92 Å². The highest BCUT2D eigenvalue weighted by Crippen LogP contribution is 2.19. The molecule has 0 unspecified atom stereocenters. The van der Waals surface area contributed by atoms with Gasteiger partial charge in [-0.1, -0.05) is 0 Å². The highest BCUT2D eigenvalue weighted by Gasteiger charge is 2.28. The molecule has 130 valence electrons. The molecule has 5 nitrogen and oxygen atoms in total. The number of hydrogen-bond acceptors (Lipinski definition) is 4. The maximum atomic E-state index is 12.9. The van der Waals surface area contributed by atoms with Gasteiger partial charge in [-0.05, 0) is 80.4 Å². The largest absolute Gasteiger partial charge is 0.342 e. The molecule has 1 amide bonds. The Bertz CT molecular complexity index is 306. The minimum absolute atomic E-state index is 0.218. The molecule has 0 bridgehead atoms. The lowest BCUT2D eigenvalue weighted by Gasteiger charge is -2.32. The van der Waals surface area contributed by atoms with Gasteiger partial charge in [0, 0.05) is 25.0 Å². The van der Waals surface area contributed by atoms with Crippen molar-refractivity contribution in [3.8, 4) is 0 Å². The fraction of sp³-hybridized carbons (Fsp3) is 0.941. The van der Waals surface area contributed by atoms with Crippen molar-refractivity contribution in [2.75, 3.05) is 60.9 Å². The molecule has 1 rings (SSSR count). The third-order valence-electron chi connectivity index (χ3n) is 4.35. The van der Waals surface area contributed by atoms with Crippen molar-refractivity contribution in [3.63, 3.8) is 0 Å². The second kappa shape index (κ2) is 10.2. The highest BCUT2D eigenvalue weighted by molar-refractivity contribution is 5.79. The second-order valence-corrected chi connectivity index (χ2v) is 7.22. The summed E-state index contributed by atoms with van der Waals surface area (Å²) in [7, 11) is 8.36. The molecule has 0 spiro atoms. The summed E-state index contributed by atoms with van der Waals surface area (Å²) in [5.74, 6) is 0.598. The number of carbonyl (C=O) groups is 1. The first-order valence-corrected chi connectivity index (χ1v) is 8.71. The molecule has 0 aromatic rings. The Kier molecular flexibility index (Phi) is 8.98. The fourth-order valence-electron chi connectivity index (χ4n) is 3.10. The Morgan fingerprint density at radius 1 is 1.00 bits per heavy atom. The van der Waals surface area contributed by atoms with Crippen LogP contribution < -0.4 is 5.32 Å². The van der Waals surface area contributed by atoms with Crippen LogP contribution in [0.1, 0.15) is 32.6 Å². The van der Waals surface area contributed by atoms with Crippen LogP contribution >= 0.6 is 0 Å². The van der Waals surface area contributed by atoms with Crippen molar-refractivity contribution in [1.82, 2.24) is 20.0 Å². The van der Waals surface area contributed by atoms with E-state index in [1.54, 1.807) is 0 Å². The standard InChI is InChI=1S/C17H36N4O/c1-15-14-16(8-9-18-15)17(22)21(12-6-10-19(2)3)13-7-11-20(4)5/h15-16,18H,6-14H2,1-5H3/t15-,16-/m0/s1. The van der Waals surface area contributed by atoms with E-state index in [1.807, 2.05) is 0 Å². The molecule has 5 heteroatoms. The van der Waals surface area contributed by atoms with Gasteiger partial charge in [-0.15, -0.1) is 0 Å². The molecule has 2 atom stereocenters. The first-order chi connectivity index (χ1) is 10.4. The average Bonchev–Trinajstić information content (AvgIpc) is 2.44. The van der Waals surface area contributed by atoms with E-state index in [0.29, 0.717) is 11.9 Å². The summed E-state index contributed by atoms with van der Waals surface area (Å²) in [6, 6.07) is 0.466. The molecule has 1 fully saturated rings. The molecular weight excluding hydrogens is 276 g/mol. The smallest absolute Gasteiger partial charge is 0.225 e. The Hall–Kier alpha value is -0.650. The van der Waals surface area contributed by atoms with Gasteiger partial charge < -0.3 is 20.0 Å². The lowest BCUT2D eigenvalue weighted by molar-refractivity contribution is -0.137. The Balaban J connectivity index is 2.51. The molecule has 0 aromatic heterocycles. The van der Waals surface area contributed by atoms with Gasteiger partial charge in [0.2, 0.25) is 5.91 Å². The monoisotopic (exact) mass is 312 g/mol. The zero-order valence-electron chi connectivity index (χ0n) is 15.3. The third kappa shape index (κ3) is 7.56. The molecule has 1 N–H and O–H groups in total. The van der Waals surface area contributed by atoms with E-state index in [0.717, 1.165) is 58.4 Å². The Morgan fingerprint density at radius 3 is 2.00 bits per heavy atom. The number of nitrogens with zero attached hydrogens (tertiary/aromatic N) is 3. The van der Waals surface area contributed by atoms with Crippen molar-refractivity contribution < 1.29 is 4.79 Å². The van der Waals surface area contributed by atoms with Crippen molar-refractivity contribution in [2.24, 2.45) is 5.92 Å². The predicted molar refractivity (Wildman–Crippen MR) is 93.1 cm³/mol. The van der Waals surface area contributed by atoms with E-state index in [1.165, 1.54) is 0 Å². The summed E-state index contributed by atoms with van der Waals surface area (Å²) in [6.45, 7) is 7.02. The number of piperidine rings is 1. The summed E-state index contributed by atoms with van der Waals surface area (Å²) in [5.41, 5.74) is 0. The normalized spacial score (nSPS) is 22.3. The summed E-state index contributed by atoms with van der Waals surface area (Å²) >= 11 is 0. The molecule has 0 aliphatic carbocycles. The fourth-order valence-corrected chi connectivity index (χ4v) is 3.10. The van der Waals surface area contributed by atoms with Crippen molar-refractivity contribution >= 4 is 5.91 Å². The minimum Gasteiger partial charge on any atom is -0.342 e. The molecule has 1 saturated heterocycles. The van der Waals surface area contributed by atoms with Gasteiger partial charge in [-0.2, -0.15) is 0 Å². The van der Waals surface area contributed by atoms with Crippen LogP contribution in [0.5, 0.6) is 0 Å². The predicted octanol–water partition coefficient (Wildman–Crippen LogP) is 1.11. The van der Waals surface area contributed by atoms with Gasteiger partial charge in [-0.25, -0.2) is 0 Å². The molecule has 22 heavy (non-hydrogen) atoms. The molecular formula is C17H36N4O. The van der Waals surface area contributed by atoms with E-state index in [-0.39, 0.29) is 5.92 Å². The number of nitrogens with one attached hydrogen (secondary N) is 1. The van der Waals surface area contributed by atoms with Gasteiger partial charge in [-0.3, -0.25) is 4.79 Å². The third-order valence-corrected chi connectivity index (χ3v) is 4.35. The van der Waals surface area contributed by atoms with Crippen LogP contribution in [0.3, 0.4) is 0 Å². The Labute approximate surface area is 137 Å². The maximum Gasteiger partial charge on any atom is 0.225 e. The SMILES string of the molecule is C[C@H]1C[C@@H](C(=O)N(CCCN(C)C)CCCN(C)C)CCN1. The zero-order chi connectivity index (χ0) is 16.5. The molecule has 0 aromatic carbocycles. The molecule has 1 aliphatic heterocycles. The molecule has 0 radical (unpaired) electrons. The number of amides is 1. The number of rotatable bonds is 9. The lowest BCUT2D eigenvalue weighted by atomic mass is 9.92. The Morgan fingerprint density at radius 2 is 1.55 bits per heavy atom. The molecule has 1 heterocycles. The summed E-state index contributed by atoms with van der Waals surface area (Å²) in [5, 5.41) is 3.44. The average molecular weight is 313 g/mol. The zero-order valence-corrected chi connectivity index (χ0v) is 15.3. The van der Waals surface area contributed by atoms with Gasteiger partial charge in [0.25, 0.3) is 0 Å². The van der Waals surface area contributed by atoms with Gasteiger partial charge in [0.15, 0.2) is 0 Å². The van der Waals surface area contributed by atoms with Crippen LogP contribution in [0.25, 0.3) is 0 Å². The topological polar surface area (TPSA) is 38.8 Å². The number of carbonyl (C=O) groups excluding carboxylic acids is 1.